The topological polar surface area (TPSA) is 12.0 Å². The second-order valence-corrected chi connectivity index (χ2v) is 3.98. The van der Waals surface area contributed by atoms with Crippen molar-refractivity contribution in [1.29, 1.82) is 0 Å². The van der Waals surface area contributed by atoms with Gasteiger partial charge in [-0.1, -0.05) is 19.1 Å². The fourth-order valence-electron chi connectivity index (χ4n) is 1.89. The smallest absolute Gasteiger partial charge is 0.123 e. The third-order valence-electron chi connectivity index (χ3n) is 2.73. The maximum Gasteiger partial charge on any atom is 0.123 e. The van der Waals surface area contributed by atoms with Crippen molar-refractivity contribution >= 4 is 0 Å². The quantitative estimate of drug-likeness (QED) is 0.721. The van der Waals surface area contributed by atoms with Crippen molar-refractivity contribution in [1.82, 2.24) is 5.32 Å². The van der Waals surface area contributed by atoms with Gasteiger partial charge < -0.3 is 5.32 Å². The molecule has 0 amide bonds. The standard InChI is InChI=1S/C14H20FN/c1-4-6-7-14(16-5-2)13-10-12(15)9-8-11(13)3/h4,8-10,14,16H,1,5-7H2,2-3H3. The number of allylic oxidation sites excluding steroid dienone is 1. The van der Waals surface area contributed by atoms with Gasteiger partial charge in [-0.25, -0.2) is 4.39 Å². The number of hydrogen-bond donors (Lipinski definition) is 1. The Morgan fingerprint density at radius 2 is 2.25 bits per heavy atom. The van der Waals surface area contributed by atoms with Crippen LogP contribution in [0.25, 0.3) is 0 Å². The Bertz CT molecular complexity index is 347. The van der Waals surface area contributed by atoms with E-state index in [1.54, 1.807) is 6.07 Å². The molecule has 16 heavy (non-hydrogen) atoms. The van der Waals surface area contributed by atoms with Crippen molar-refractivity contribution in [3.05, 3.63) is 47.8 Å². The van der Waals surface area contributed by atoms with E-state index in [9.17, 15) is 4.39 Å². The number of hydrogen-bond acceptors (Lipinski definition) is 1. The zero-order valence-electron chi connectivity index (χ0n) is 10.1. The van der Waals surface area contributed by atoms with Gasteiger partial charge in [-0.15, -0.1) is 6.58 Å². The van der Waals surface area contributed by atoms with Gasteiger partial charge in [0.1, 0.15) is 5.82 Å². The molecule has 0 bridgehead atoms. The molecule has 1 nitrogen and oxygen atoms in total. The summed E-state index contributed by atoms with van der Waals surface area (Å²) in [6, 6.07) is 5.20. The van der Waals surface area contributed by atoms with Gasteiger partial charge in [0, 0.05) is 6.04 Å². The summed E-state index contributed by atoms with van der Waals surface area (Å²) >= 11 is 0. The van der Waals surface area contributed by atoms with E-state index in [2.05, 4.69) is 18.8 Å². The minimum atomic E-state index is -0.165. The summed E-state index contributed by atoms with van der Waals surface area (Å²) in [7, 11) is 0. The highest BCUT2D eigenvalue weighted by Crippen LogP contribution is 2.23. The van der Waals surface area contributed by atoms with Crippen LogP contribution in [0.3, 0.4) is 0 Å². The van der Waals surface area contributed by atoms with Crippen LogP contribution in [-0.2, 0) is 0 Å². The molecule has 1 unspecified atom stereocenters. The van der Waals surface area contributed by atoms with Crippen LogP contribution in [0.15, 0.2) is 30.9 Å². The monoisotopic (exact) mass is 221 g/mol. The van der Waals surface area contributed by atoms with E-state index in [0.29, 0.717) is 0 Å². The van der Waals surface area contributed by atoms with E-state index >= 15 is 0 Å². The molecule has 0 aliphatic carbocycles. The van der Waals surface area contributed by atoms with E-state index in [1.807, 2.05) is 19.1 Å². The van der Waals surface area contributed by atoms with Crippen LogP contribution >= 0.6 is 0 Å². The molecule has 0 heterocycles. The van der Waals surface area contributed by atoms with Crippen LogP contribution in [0.5, 0.6) is 0 Å². The van der Waals surface area contributed by atoms with Gasteiger partial charge in [0.25, 0.3) is 0 Å². The van der Waals surface area contributed by atoms with Crippen LogP contribution in [0.1, 0.15) is 36.9 Å². The number of aryl methyl sites for hydroxylation is 1. The molecule has 0 aliphatic heterocycles. The molecular formula is C14H20FN. The normalized spacial score (nSPS) is 12.4. The summed E-state index contributed by atoms with van der Waals surface area (Å²) in [5.74, 6) is -0.165. The highest BCUT2D eigenvalue weighted by molar-refractivity contribution is 5.29. The fourth-order valence-corrected chi connectivity index (χ4v) is 1.89. The first-order valence-corrected chi connectivity index (χ1v) is 5.79. The minimum absolute atomic E-state index is 0.165. The van der Waals surface area contributed by atoms with Crippen molar-refractivity contribution < 1.29 is 4.39 Å². The Kier molecular flexibility index (Phi) is 5.20. The number of halogens is 1. The van der Waals surface area contributed by atoms with Crippen molar-refractivity contribution in [3.8, 4) is 0 Å². The zero-order chi connectivity index (χ0) is 12.0. The molecule has 2 heteroatoms. The van der Waals surface area contributed by atoms with Crippen LogP contribution in [0.4, 0.5) is 4.39 Å². The Morgan fingerprint density at radius 3 is 2.88 bits per heavy atom. The van der Waals surface area contributed by atoms with Gasteiger partial charge in [-0.2, -0.15) is 0 Å². The average molecular weight is 221 g/mol. The van der Waals surface area contributed by atoms with Crippen LogP contribution < -0.4 is 5.32 Å². The lowest BCUT2D eigenvalue weighted by Gasteiger charge is -2.19. The molecule has 0 aliphatic rings. The largest absolute Gasteiger partial charge is 0.310 e. The van der Waals surface area contributed by atoms with E-state index in [0.717, 1.165) is 30.5 Å². The molecule has 0 saturated heterocycles. The molecule has 0 saturated carbocycles. The van der Waals surface area contributed by atoms with Crippen LogP contribution in [0, 0.1) is 12.7 Å². The lowest BCUT2D eigenvalue weighted by molar-refractivity contribution is 0.512. The van der Waals surface area contributed by atoms with Crippen molar-refractivity contribution in [3.63, 3.8) is 0 Å². The average Bonchev–Trinajstić information content (AvgIpc) is 2.28. The Balaban J connectivity index is 2.89. The molecule has 1 aromatic rings. The molecule has 1 rings (SSSR count). The molecule has 0 fully saturated rings. The summed E-state index contributed by atoms with van der Waals surface area (Å²) in [6.07, 6.45) is 3.80. The first-order valence-electron chi connectivity index (χ1n) is 5.79. The SMILES string of the molecule is C=CCCC(NCC)c1cc(F)ccc1C. The number of nitrogens with one attached hydrogen (secondary N) is 1. The first kappa shape index (κ1) is 12.9. The molecule has 0 aromatic heterocycles. The molecule has 0 spiro atoms. The van der Waals surface area contributed by atoms with Gasteiger partial charge in [-0.05, 0) is 49.6 Å². The van der Waals surface area contributed by atoms with E-state index in [4.69, 9.17) is 0 Å². The summed E-state index contributed by atoms with van der Waals surface area (Å²) < 4.78 is 13.2. The molecule has 1 atom stereocenters. The molecule has 0 radical (unpaired) electrons. The second kappa shape index (κ2) is 6.44. The second-order valence-electron chi connectivity index (χ2n) is 3.98. The van der Waals surface area contributed by atoms with Crippen LogP contribution in [0.2, 0.25) is 0 Å². The zero-order valence-corrected chi connectivity index (χ0v) is 10.1. The molecule has 1 N–H and O–H groups in total. The van der Waals surface area contributed by atoms with Crippen molar-refractivity contribution in [2.45, 2.75) is 32.7 Å². The Morgan fingerprint density at radius 1 is 1.50 bits per heavy atom. The predicted molar refractivity (Wildman–Crippen MR) is 67.0 cm³/mol. The Hall–Kier alpha value is -1.15. The first-order chi connectivity index (χ1) is 7.69. The van der Waals surface area contributed by atoms with Gasteiger partial charge in [0.05, 0.1) is 0 Å². The third kappa shape index (κ3) is 3.46. The fraction of sp³-hybridized carbons (Fsp3) is 0.429. The van der Waals surface area contributed by atoms with Gasteiger partial charge in [0.15, 0.2) is 0 Å². The lowest BCUT2D eigenvalue weighted by Crippen LogP contribution is -2.21. The number of rotatable bonds is 6. The van der Waals surface area contributed by atoms with Crippen molar-refractivity contribution in [2.75, 3.05) is 6.54 Å². The summed E-state index contributed by atoms with van der Waals surface area (Å²) in [4.78, 5) is 0. The summed E-state index contributed by atoms with van der Waals surface area (Å²) in [5.41, 5.74) is 2.19. The lowest BCUT2D eigenvalue weighted by atomic mass is 9.97. The van der Waals surface area contributed by atoms with Gasteiger partial charge in [0.2, 0.25) is 0 Å². The third-order valence-corrected chi connectivity index (χ3v) is 2.73. The highest BCUT2D eigenvalue weighted by Gasteiger charge is 2.12. The van der Waals surface area contributed by atoms with E-state index in [-0.39, 0.29) is 11.9 Å². The van der Waals surface area contributed by atoms with Crippen molar-refractivity contribution in [2.24, 2.45) is 0 Å². The summed E-state index contributed by atoms with van der Waals surface area (Å²) in [6.45, 7) is 8.70. The minimum Gasteiger partial charge on any atom is -0.310 e. The maximum atomic E-state index is 13.2. The summed E-state index contributed by atoms with van der Waals surface area (Å²) in [5, 5.41) is 3.39. The van der Waals surface area contributed by atoms with E-state index in [1.165, 1.54) is 6.07 Å². The van der Waals surface area contributed by atoms with Crippen LogP contribution in [-0.4, -0.2) is 6.54 Å². The molecule has 1 aromatic carbocycles. The van der Waals surface area contributed by atoms with Gasteiger partial charge >= 0.3 is 0 Å². The highest BCUT2D eigenvalue weighted by atomic mass is 19.1. The van der Waals surface area contributed by atoms with E-state index < -0.39 is 0 Å². The molecule has 88 valence electrons. The van der Waals surface area contributed by atoms with Gasteiger partial charge in [-0.3, -0.25) is 0 Å². The number of benzene rings is 1. The Labute approximate surface area is 97.4 Å². The molecular weight excluding hydrogens is 201 g/mol. The predicted octanol–water partition coefficient (Wildman–Crippen LogP) is 3.75. The maximum absolute atomic E-state index is 13.2.